The van der Waals surface area contributed by atoms with E-state index in [1.807, 2.05) is 83.4 Å². The molecule has 5 nitrogen and oxygen atoms in total. The number of halogens is 2. The highest BCUT2D eigenvalue weighted by atomic mass is 35.5. The number of benzene rings is 3. The Hall–Kier alpha value is -3.54. The summed E-state index contributed by atoms with van der Waals surface area (Å²) in [7, 11) is 0. The van der Waals surface area contributed by atoms with Gasteiger partial charge in [0.05, 0.1) is 15.8 Å². The number of carbonyl (C=O) groups excluding carboxylic acids is 1. The zero-order chi connectivity index (χ0) is 25.6. The van der Waals surface area contributed by atoms with Crippen LogP contribution in [0, 0.1) is 0 Å². The minimum absolute atomic E-state index is 0.198. The summed E-state index contributed by atoms with van der Waals surface area (Å²) >= 11 is 12.4. The number of carbonyl (C=O) groups is 1. The number of esters is 1. The van der Waals surface area contributed by atoms with Gasteiger partial charge >= 0.3 is 5.97 Å². The van der Waals surface area contributed by atoms with Gasteiger partial charge in [-0.25, -0.2) is 4.79 Å². The highest BCUT2D eigenvalue weighted by molar-refractivity contribution is 6.42. The van der Waals surface area contributed by atoms with Crippen LogP contribution in [0.3, 0.4) is 0 Å². The van der Waals surface area contributed by atoms with E-state index in [9.17, 15) is 4.79 Å². The Kier molecular flexibility index (Phi) is 7.93. The number of rotatable bonds is 8. The second kappa shape index (κ2) is 11.7. The summed E-state index contributed by atoms with van der Waals surface area (Å²) in [6, 6.07) is 27.0. The molecule has 0 aliphatic heterocycles. The van der Waals surface area contributed by atoms with Crippen LogP contribution >= 0.6 is 23.2 Å². The number of aromatic nitrogens is 1. The maximum absolute atomic E-state index is 13.3. The van der Waals surface area contributed by atoms with Gasteiger partial charge in [-0.05, 0) is 54.2 Å². The number of oxime groups is 1. The highest BCUT2D eigenvalue weighted by Gasteiger charge is 2.27. The van der Waals surface area contributed by atoms with Crippen molar-refractivity contribution in [3.63, 3.8) is 0 Å². The molecule has 1 aliphatic rings. The highest BCUT2D eigenvalue weighted by Crippen LogP contribution is 2.29. The fourth-order valence-electron chi connectivity index (χ4n) is 4.49. The monoisotopic (exact) mass is 532 g/mol. The Balaban J connectivity index is 1.45. The number of fused-ring (bicyclic) bond motifs is 1. The molecule has 1 heterocycles. The topological polar surface area (TPSA) is 52.8 Å². The lowest BCUT2D eigenvalue weighted by Gasteiger charge is -2.18. The second-order valence-corrected chi connectivity index (χ2v) is 9.75. The zero-order valence-corrected chi connectivity index (χ0v) is 21.7. The van der Waals surface area contributed by atoms with Gasteiger partial charge in [-0.15, -0.1) is 0 Å². The maximum Gasteiger partial charge on any atom is 0.355 e. The lowest BCUT2D eigenvalue weighted by atomic mass is 9.96. The fraction of sp³-hybridized carbons (Fsp3) is 0.200. The van der Waals surface area contributed by atoms with E-state index in [0.717, 1.165) is 52.9 Å². The van der Waals surface area contributed by atoms with Gasteiger partial charge in [0.2, 0.25) is 0 Å². The van der Waals surface area contributed by atoms with Crippen LogP contribution in [-0.2, 0) is 35.8 Å². The average Bonchev–Trinajstić information content (AvgIpc) is 3.30. The lowest BCUT2D eigenvalue weighted by molar-refractivity contribution is 0.0460. The predicted molar refractivity (Wildman–Crippen MR) is 146 cm³/mol. The van der Waals surface area contributed by atoms with Crippen molar-refractivity contribution in [1.29, 1.82) is 0 Å². The molecule has 4 aromatic rings. The van der Waals surface area contributed by atoms with Gasteiger partial charge in [0.25, 0.3) is 0 Å². The average molecular weight is 533 g/mol. The van der Waals surface area contributed by atoms with Crippen LogP contribution < -0.4 is 0 Å². The molecular weight excluding hydrogens is 507 g/mol. The number of ether oxygens (including phenoxy) is 1. The van der Waals surface area contributed by atoms with Crippen molar-refractivity contribution in [3.05, 3.63) is 129 Å². The van der Waals surface area contributed by atoms with E-state index in [4.69, 9.17) is 32.8 Å². The Labute approximate surface area is 226 Å². The van der Waals surface area contributed by atoms with Gasteiger partial charge in [0, 0.05) is 17.8 Å². The van der Waals surface area contributed by atoms with Gasteiger partial charge in [-0.1, -0.05) is 95.1 Å². The van der Waals surface area contributed by atoms with Gasteiger partial charge in [-0.2, -0.15) is 0 Å². The molecule has 7 heteroatoms. The minimum Gasteiger partial charge on any atom is -0.456 e. The number of hydrogen-bond acceptors (Lipinski definition) is 4. The molecule has 188 valence electrons. The molecule has 5 rings (SSSR count). The van der Waals surface area contributed by atoms with Crippen LogP contribution in [0.25, 0.3) is 0 Å². The Morgan fingerprint density at radius 2 is 1.51 bits per heavy atom. The normalized spacial score (nSPS) is 13.8. The first-order valence-electron chi connectivity index (χ1n) is 12.2. The van der Waals surface area contributed by atoms with Crippen LogP contribution in [0.1, 0.15) is 51.3 Å². The fourth-order valence-corrected chi connectivity index (χ4v) is 4.81. The van der Waals surface area contributed by atoms with Crippen LogP contribution in [0.15, 0.2) is 90.1 Å². The zero-order valence-electron chi connectivity index (χ0n) is 20.2. The summed E-state index contributed by atoms with van der Waals surface area (Å²) < 4.78 is 7.72. The summed E-state index contributed by atoms with van der Waals surface area (Å²) in [5, 5.41) is 5.44. The van der Waals surface area contributed by atoms with E-state index in [-0.39, 0.29) is 12.6 Å². The third-order valence-electron chi connectivity index (χ3n) is 6.34. The molecule has 0 unspecified atom stereocenters. The first kappa shape index (κ1) is 25.1. The SMILES string of the molecule is O=C(OCc1ccccc1)c1cc2c(n1Cc1ccc(Cl)c(Cl)c1)CCC/C2=N\OCc1ccccc1. The van der Waals surface area contributed by atoms with Gasteiger partial charge in [0.1, 0.15) is 18.9 Å². The van der Waals surface area contributed by atoms with Crippen molar-refractivity contribution in [2.45, 2.75) is 39.0 Å². The minimum atomic E-state index is -0.386. The van der Waals surface area contributed by atoms with E-state index in [1.165, 1.54) is 0 Å². The molecule has 0 amide bonds. The Bertz CT molecular complexity index is 1420. The van der Waals surface area contributed by atoms with E-state index >= 15 is 0 Å². The number of nitrogens with zero attached hydrogens (tertiary/aromatic N) is 2. The maximum atomic E-state index is 13.3. The molecule has 0 saturated carbocycles. The molecule has 0 N–H and O–H groups in total. The van der Waals surface area contributed by atoms with Crippen molar-refractivity contribution in [1.82, 2.24) is 4.57 Å². The summed E-state index contributed by atoms with van der Waals surface area (Å²) in [6.07, 6.45) is 2.50. The van der Waals surface area contributed by atoms with Crippen molar-refractivity contribution in [2.24, 2.45) is 5.16 Å². The molecule has 0 atom stereocenters. The smallest absolute Gasteiger partial charge is 0.355 e. The predicted octanol–water partition coefficient (Wildman–Crippen LogP) is 7.46. The molecular formula is C30H26Cl2N2O3. The standard InChI is InChI=1S/C30H26Cl2N2O3/c31-25-15-14-23(16-26(25)32)18-34-28-13-7-12-27(33-37-20-22-10-5-2-6-11-22)24(28)17-29(34)30(35)36-19-21-8-3-1-4-9-21/h1-6,8-11,14-17H,7,12-13,18-20H2/b33-27+. The lowest BCUT2D eigenvalue weighted by Crippen LogP contribution is -2.17. The molecule has 0 saturated heterocycles. The van der Waals surface area contributed by atoms with Crippen molar-refractivity contribution in [2.75, 3.05) is 0 Å². The summed E-state index contributed by atoms with van der Waals surface area (Å²) in [5.41, 5.74) is 6.18. The molecule has 1 aliphatic carbocycles. The van der Waals surface area contributed by atoms with E-state index in [0.29, 0.717) is 28.9 Å². The van der Waals surface area contributed by atoms with E-state index in [2.05, 4.69) is 5.16 Å². The summed E-state index contributed by atoms with van der Waals surface area (Å²) in [6.45, 7) is 1.04. The Morgan fingerprint density at radius 1 is 0.811 bits per heavy atom. The van der Waals surface area contributed by atoms with Gasteiger partial charge < -0.3 is 14.1 Å². The Morgan fingerprint density at radius 3 is 2.22 bits per heavy atom. The first-order valence-corrected chi connectivity index (χ1v) is 12.9. The quantitative estimate of drug-likeness (QED) is 0.175. The van der Waals surface area contributed by atoms with Crippen LogP contribution in [-0.4, -0.2) is 16.2 Å². The van der Waals surface area contributed by atoms with Gasteiger partial charge in [-0.3, -0.25) is 0 Å². The molecule has 0 radical (unpaired) electrons. The molecule has 3 aromatic carbocycles. The third-order valence-corrected chi connectivity index (χ3v) is 7.08. The molecule has 0 bridgehead atoms. The molecule has 0 fully saturated rings. The van der Waals surface area contributed by atoms with Gasteiger partial charge in [0.15, 0.2) is 0 Å². The largest absolute Gasteiger partial charge is 0.456 e. The van der Waals surface area contributed by atoms with Crippen molar-refractivity contribution >= 4 is 34.9 Å². The number of hydrogen-bond donors (Lipinski definition) is 0. The van der Waals surface area contributed by atoms with Crippen LogP contribution in [0.2, 0.25) is 10.0 Å². The molecule has 0 spiro atoms. The summed E-state index contributed by atoms with van der Waals surface area (Å²) in [4.78, 5) is 19.0. The summed E-state index contributed by atoms with van der Waals surface area (Å²) in [5.74, 6) is -0.386. The van der Waals surface area contributed by atoms with Crippen molar-refractivity contribution in [3.8, 4) is 0 Å². The van der Waals surface area contributed by atoms with E-state index < -0.39 is 0 Å². The van der Waals surface area contributed by atoms with Crippen LogP contribution in [0.4, 0.5) is 0 Å². The second-order valence-electron chi connectivity index (χ2n) is 8.94. The third kappa shape index (κ3) is 6.07. The van der Waals surface area contributed by atoms with E-state index in [1.54, 1.807) is 6.07 Å². The first-order chi connectivity index (χ1) is 18.1. The molecule has 37 heavy (non-hydrogen) atoms. The molecule has 1 aromatic heterocycles. The van der Waals surface area contributed by atoms with Crippen molar-refractivity contribution < 1.29 is 14.4 Å². The van der Waals surface area contributed by atoms with Crippen LogP contribution in [0.5, 0.6) is 0 Å².